The molecule has 1 nitrogen and oxygen atoms in total. The van der Waals surface area contributed by atoms with E-state index in [4.69, 9.17) is 4.43 Å². The first-order valence-corrected chi connectivity index (χ1v) is 7.24. The summed E-state index contributed by atoms with van der Waals surface area (Å²) in [5, 5.41) is 0. The molecule has 64 valence electrons. The van der Waals surface area contributed by atoms with Crippen LogP contribution >= 0.6 is 0 Å². The van der Waals surface area contributed by atoms with Gasteiger partial charge in [-0.25, -0.2) is 0 Å². The Labute approximate surface area is 70.9 Å². The van der Waals surface area contributed by atoms with Crippen LogP contribution < -0.4 is 0 Å². The third kappa shape index (κ3) is 5.92. The Morgan fingerprint density at radius 3 is 2.00 bits per heavy atom. The molecule has 0 unspecified atom stereocenters. The Morgan fingerprint density at radius 1 is 1.27 bits per heavy atom. The quantitative estimate of drug-likeness (QED) is 0.359. The number of rotatable bonds is 3. The van der Waals surface area contributed by atoms with Crippen molar-refractivity contribution >= 4 is 8.32 Å². The van der Waals surface area contributed by atoms with Gasteiger partial charge in [-0.15, -0.1) is 0 Å². The molecule has 0 radical (unpaired) electrons. The van der Waals surface area contributed by atoms with Crippen LogP contribution in [0, 0.1) is 0 Å². The van der Waals surface area contributed by atoms with E-state index in [2.05, 4.69) is 26.2 Å². The lowest BCUT2D eigenvalue weighted by molar-refractivity contribution is 0.475. The smallest absolute Gasteiger partial charge is 0.241 e. The van der Waals surface area contributed by atoms with Gasteiger partial charge in [-0.05, 0) is 39.1 Å². The van der Waals surface area contributed by atoms with Crippen LogP contribution in [0.2, 0.25) is 19.6 Å². The third-order valence-corrected chi connectivity index (χ3v) is 2.09. The summed E-state index contributed by atoms with van der Waals surface area (Å²) in [6.45, 7) is 14.3. The molecule has 0 aromatic rings. The van der Waals surface area contributed by atoms with Gasteiger partial charge in [0.2, 0.25) is 8.32 Å². The summed E-state index contributed by atoms with van der Waals surface area (Å²) in [5.41, 5.74) is 2.20. The number of hydrogen-bond donors (Lipinski definition) is 0. The Morgan fingerprint density at radius 2 is 1.73 bits per heavy atom. The highest BCUT2D eigenvalue weighted by Gasteiger charge is 2.13. The minimum Gasteiger partial charge on any atom is -0.549 e. The van der Waals surface area contributed by atoms with Crippen molar-refractivity contribution in [3.63, 3.8) is 0 Å². The highest BCUT2D eigenvalue weighted by molar-refractivity contribution is 6.69. The second-order valence-corrected chi connectivity index (χ2v) is 8.27. The van der Waals surface area contributed by atoms with Gasteiger partial charge in [-0.3, -0.25) is 0 Å². The molecule has 0 aliphatic carbocycles. The second-order valence-electron chi connectivity index (χ2n) is 3.81. The average molecular weight is 170 g/mol. The fourth-order valence-corrected chi connectivity index (χ4v) is 0.896. The number of allylic oxidation sites excluding steroid dienone is 2. The SMILES string of the molecule is C=C(C)/C(C)=C/O[Si](C)(C)C. The van der Waals surface area contributed by atoms with E-state index in [-0.39, 0.29) is 0 Å². The van der Waals surface area contributed by atoms with Crippen LogP contribution in [-0.2, 0) is 4.43 Å². The fourth-order valence-electron chi connectivity index (χ4n) is 0.366. The largest absolute Gasteiger partial charge is 0.549 e. The van der Waals surface area contributed by atoms with Crippen LogP contribution in [-0.4, -0.2) is 8.32 Å². The lowest BCUT2D eigenvalue weighted by Crippen LogP contribution is -2.22. The van der Waals surface area contributed by atoms with Crippen LogP contribution in [0.3, 0.4) is 0 Å². The molecule has 2 heteroatoms. The topological polar surface area (TPSA) is 9.23 Å². The molecule has 0 N–H and O–H groups in total. The molecule has 0 spiro atoms. The van der Waals surface area contributed by atoms with Gasteiger partial charge in [0.05, 0.1) is 6.26 Å². The van der Waals surface area contributed by atoms with Crippen molar-refractivity contribution in [2.45, 2.75) is 33.5 Å². The summed E-state index contributed by atoms with van der Waals surface area (Å²) >= 11 is 0. The summed E-state index contributed by atoms with van der Waals surface area (Å²) in [4.78, 5) is 0. The minimum absolute atomic E-state index is 1.07. The molecular formula is C9H18OSi. The van der Waals surface area contributed by atoms with Crippen molar-refractivity contribution in [3.8, 4) is 0 Å². The molecule has 0 saturated carbocycles. The highest BCUT2D eigenvalue weighted by Crippen LogP contribution is 2.09. The van der Waals surface area contributed by atoms with E-state index < -0.39 is 8.32 Å². The van der Waals surface area contributed by atoms with Crippen molar-refractivity contribution in [1.82, 2.24) is 0 Å². The zero-order chi connectivity index (χ0) is 9.07. The van der Waals surface area contributed by atoms with Gasteiger partial charge < -0.3 is 4.43 Å². The van der Waals surface area contributed by atoms with Gasteiger partial charge in [-0.1, -0.05) is 12.2 Å². The van der Waals surface area contributed by atoms with Crippen molar-refractivity contribution in [3.05, 3.63) is 24.0 Å². The zero-order valence-corrected chi connectivity index (χ0v) is 9.19. The second kappa shape index (κ2) is 3.76. The average Bonchev–Trinajstić information content (AvgIpc) is 1.80. The summed E-state index contributed by atoms with van der Waals surface area (Å²) < 4.78 is 5.57. The predicted octanol–water partition coefficient (Wildman–Crippen LogP) is 3.32. The van der Waals surface area contributed by atoms with Crippen molar-refractivity contribution < 1.29 is 4.43 Å². The van der Waals surface area contributed by atoms with E-state index in [1.807, 2.05) is 20.1 Å². The van der Waals surface area contributed by atoms with Crippen LogP contribution in [0.1, 0.15) is 13.8 Å². The van der Waals surface area contributed by atoms with Crippen molar-refractivity contribution in [1.29, 1.82) is 0 Å². The van der Waals surface area contributed by atoms with Gasteiger partial charge in [0, 0.05) is 0 Å². The highest BCUT2D eigenvalue weighted by atomic mass is 28.4. The third-order valence-electron chi connectivity index (χ3n) is 1.26. The molecule has 0 aromatic heterocycles. The lowest BCUT2D eigenvalue weighted by Gasteiger charge is -2.15. The molecule has 0 rings (SSSR count). The molecular weight excluding hydrogens is 152 g/mol. The first-order chi connectivity index (χ1) is 4.83. The monoisotopic (exact) mass is 170 g/mol. The molecule has 0 aliphatic heterocycles. The molecule has 0 saturated heterocycles. The molecule has 0 aliphatic rings. The normalized spacial score (nSPS) is 13.0. The molecule has 11 heavy (non-hydrogen) atoms. The van der Waals surface area contributed by atoms with E-state index in [1.54, 1.807) is 0 Å². The molecule has 0 amide bonds. The van der Waals surface area contributed by atoms with E-state index in [0.717, 1.165) is 11.1 Å². The van der Waals surface area contributed by atoms with Crippen LogP contribution in [0.15, 0.2) is 24.0 Å². The van der Waals surface area contributed by atoms with E-state index >= 15 is 0 Å². The molecule has 0 fully saturated rings. The summed E-state index contributed by atoms with van der Waals surface area (Å²) in [5.74, 6) is 0. The van der Waals surface area contributed by atoms with E-state index in [0.29, 0.717) is 0 Å². The van der Waals surface area contributed by atoms with Crippen LogP contribution in [0.5, 0.6) is 0 Å². The maximum Gasteiger partial charge on any atom is 0.241 e. The van der Waals surface area contributed by atoms with Gasteiger partial charge in [0.1, 0.15) is 0 Å². The van der Waals surface area contributed by atoms with Gasteiger partial charge in [0.25, 0.3) is 0 Å². The summed E-state index contributed by atoms with van der Waals surface area (Å²) in [6.07, 6.45) is 1.83. The van der Waals surface area contributed by atoms with E-state index in [1.165, 1.54) is 0 Å². The fraction of sp³-hybridized carbons (Fsp3) is 0.556. The molecule has 0 bridgehead atoms. The first-order valence-electron chi connectivity index (χ1n) is 3.83. The standard InChI is InChI=1S/C9H18OSi/c1-8(2)9(3)7-10-11(4,5)6/h7H,1H2,2-6H3/b9-7+. The summed E-state index contributed by atoms with van der Waals surface area (Å²) in [6, 6.07) is 0. The Kier molecular flexibility index (Phi) is 3.59. The molecule has 0 heterocycles. The van der Waals surface area contributed by atoms with E-state index in [9.17, 15) is 0 Å². The molecule has 0 aromatic carbocycles. The Bertz CT molecular complexity index is 174. The van der Waals surface area contributed by atoms with Gasteiger partial charge in [0.15, 0.2) is 0 Å². The predicted molar refractivity (Wildman–Crippen MR) is 53.0 cm³/mol. The van der Waals surface area contributed by atoms with Crippen molar-refractivity contribution in [2.75, 3.05) is 0 Å². The molecule has 0 atom stereocenters. The maximum atomic E-state index is 5.57. The van der Waals surface area contributed by atoms with Crippen LogP contribution in [0.4, 0.5) is 0 Å². The Balaban J connectivity index is 4.04. The zero-order valence-electron chi connectivity index (χ0n) is 8.19. The maximum absolute atomic E-state index is 5.57. The summed E-state index contributed by atoms with van der Waals surface area (Å²) in [7, 11) is -1.38. The van der Waals surface area contributed by atoms with Gasteiger partial charge >= 0.3 is 0 Å². The van der Waals surface area contributed by atoms with Crippen molar-refractivity contribution in [2.24, 2.45) is 0 Å². The van der Waals surface area contributed by atoms with Crippen LogP contribution in [0.25, 0.3) is 0 Å². The lowest BCUT2D eigenvalue weighted by atomic mass is 10.2. The first kappa shape index (κ1) is 10.5. The Hall–Kier alpha value is -0.503. The minimum atomic E-state index is -1.38. The number of hydrogen-bond acceptors (Lipinski definition) is 1. The van der Waals surface area contributed by atoms with Gasteiger partial charge in [-0.2, -0.15) is 0 Å².